The zero-order valence-electron chi connectivity index (χ0n) is 21.5. The topological polar surface area (TPSA) is 92.8 Å². The van der Waals surface area contributed by atoms with E-state index in [-0.39, 0.29) is 11.4 Å². The number of fused-ring (bicyclic) bond motifs is 1. The predicted octanol–water partition coefficient (Wildman–Crippen LogP) is 7.44. The molecule has 40 heavy (non-hydrogen) atoms. The Labute approximate surface area is 240 Å². The quantitative estimate of drug-likeness (QED) is 0.0918. The van der Waals surface area contributed by atoms with Gasteiger partial charge in [-0.2, -0.15) is 5.10 Å². The molecule has 4 aromatic carbocycles. The van der Waals surface area contributed by atoms with Crippen molar-refractivity contribution < 1.29 is 19.1 Å². The molecule has 1 heterocycles. The Kier molecular flexibility index (Phi) is 7.86. The van der Waals surface area contributed by atoms with Gasteiger partial charge in [0.2, 0.25) is 0 Å². The first-order valence-electron chi connectivity index (χ1n) is 12.2. The van der Waals surface area contributed by atoms with Crippen molar-refractivity contribution in [2.24, 2.45) is 5.10 Å². The lowest BCUT2D eigenvalue weighted by Gasteiger charge is -2.10. The summed E-state index contributed by atoms with van der Waals surface area (Å²) < 4.78 is 10.9. The van der Waals surface area contributed by atoms with E-state index in [2.05, 4.69) is 15.5 Å². The van der Waals surface area contributed by atoms with E-state index < -0.39 is 11.9 Å². The summed E-state index contributed by atoms with van der Waals surface area (Å²) in [5.41, 5.74) is 6.75. The number of halogens is 2. The molecule has 0 unspecified atom stereocenters. The number of hydrazone groups is 1. The smallest absolute Gasteiger partial charge is 0.343 e. The molecule has 5 rings (SSSR count). The predicted molar refractivity (Wildman–Crippen MR) is 158 cm³/mol. The molecular weight excluding hydrogens is 549 g/mol. The maximum Gasteiger partial charge on any atom is 0.343 e. The highest BCUT2D eigenvalue weighted by molar-refractivity contribution is 6.37. The summed E-state index contributed by atoms with van der Waals surface area (Å²) in [6.07, 6.45) is 1.46. The maximum absolute atomic E-state index is 13.3. The van der Waals surface area contributed by atoms with Gasteiger partial charge in [-0.3, -0.25) is 4.79 Å². The van der Waals surface area contributed by atoms with Crippen LogP contribution in [0.25, 0.3) is 22.0 Å². The Morgan fingerprint density at radius 3 is 2.45 bits per heavy atom. The van der Waals surface area contributed by atoms with Crippen LogP contribution in [0.2, 0.25) is 10.0 Å². The number of carbonyl (C=O) groups is 2. The maximum atomic E-state index is 13.3. The third-order valence-electron chi connectivity index (χ3n) is 6.18. The fourth-order valence-corrected chi connectivity index (χ4v) is 4.75. The lowest BCUT2D eigenvalue weighted by molar-refractivity contribution is 0.0729. The van der Waals surface area contributed by atoms with Gasteiger partial charge < -0.3 is 14.5 Å². The van der Waals surface area contributed by atoms with Crippen molar-refractivity contribution in [3.8, 4) is 22.6 Å². The number of hydrogen-bond acceptors (Lipinski definition) is 5. The molecule has 0 fully saturated rings. The minimum Gasteiger partial charge on any atom is -0.493 e. The molecule has 0 aliphatic heterocycles. The number of hydrogen-bond donors (Lipinski definition) is 2. The Morgan fingerprint density at radius 2 is 1.68 bits per heavy atom. The van der Waals surface area contributed by atoms with Gasteiger partial charge in [-0.1, -0.05) is 71.2 Å². The number of nitrogens with zero attached hydrogens (tertiary/aromatic N) is 1. The summed E-state index contributed by atoms with van der Waals surface area (Å²) in [4.78, 5) is 28.9. The fourth-order valence-electron chi connectivity index (χ4n) is 4.30. The van der Waals surface area contributed by atoms with Crippen molar-refractivity contribution in [1.29, 1.82) is 0 Å². The van der Waals surface area contributed by atoms with Crippen LogP contribution in [0.5, 0.6) is 11.5 Å². The normalized spacial score (nSPS) is 11.1. The van der Waals surface area contributed by atoms with E-state index in [0.717, 1.165) is 10.9 Å². The van der Waals surface area contributed by atoms with Crippen LogP contribution in [0, 0.1) is 6.92 Å². The van der Waals surface area contributed by atoms with Gasteiger partial charge in [0, 0.05) is 21.5 Å². The highest BCUT2D eigenvalue weighted by atomic mass is 35.5. The molecule has 0 saturated heterocycles. The number of aromatic nitrogens is 1. The average Bonchev–Trinajstić information content (AvgIpc) is 3.35. The number of ether oxygens (including phenoxy) is 2. The first-order valence-corrected chi connectivity index (χ1v) is 13.0. The summed E-state index contributed by atoms with van der Waals surface area (Å²) >= 11 is 12.9. The summed E-state index contributed by atoms with van der Waals surface area (Å²) in [7, 11) is 1.47. The lowest BCUT2D eigenvalue weighted by Crippen LogP contribution is -2.19. The van der Waals surface area contributed by atoms with Crippen LogP contribution in [0.3, 0.4) is 0 Å². The molecule has 0 bridgehead atoms. The molecule has 200 valence electrons. The molecule has 1 aromatic heterocycles. The van der Waals surface area contributed by atoms with Crippen molar-refractivity contribution in [3.63, 3.8) is 0 Å². The van der Waals surface area contributed by atoms with Crippen LogP contribution < -0.4 is 14.9 Å². The van der Waals surface area contributed by atoms with Gasteiger partial charge in [0.25, 0.3) is 5.91 Å². The van der Waals surface area contributed by atoms with Crippen molar-refractivity contribution >= 4 is 52.2 Å². The molecule has 5 aromatic rings. The molecule has 0 aliphatic carbocycles. The van der Waals surface area contributed by atoms with Crippen molar-refractivity contribution in [2.45, 2.75) is 6.92 Å². The minimum absolute atomic E-state index is 0.259. The number of H-pyrrole nitrogens is 1. The third kappa shape index (κ3) is 5.57. The highest BCUT2D eigenvalue weighted by Gasteiger charge is 2.22. The number of benzene rings is 4. The van der Waals surface area contributed by atoms with Crippen LogP contribution >= 0.6 is 23.2 Å². The zero-order valence-corrected chi connectivity index (χ0v) is 23.0. The van der Waals surface area contributed by atoms with Gasteiger partial charge in [-0.15, -0.1) is 0 Å². The van der Waals surface area contributed by atoms with Crippen LogP contribution in [-0.4, -0.2) is 30.2 Å². The number of nitrogens with one attached hydrogen (secondary N) is 2. The molecule has 0 saturated carbocycles. The second-order valence-electron chi connectivity index (χ2n) is 8.89. The van der Waals surface area contributed by atoms with E-state index in [1.54, 1.807) is 48.5 Å². The van der Waals surface area contributed by atoms with Crippen LogP contribution in [0.1, 0.15) is 32.0 Å². The fraction of sp³-hybridized carbons (Fsp3) is 0.0645. The molecule has 0 spiro atoms. The summed E-state index contributed by atoms with van der Waals surface area (Å²) in [5, 5.41) is 5.85. The Hall–Kier alpha value is -4.59. The number of aryl methyl sites for hydroxylation is 1. The summed E-state index contributed by atoms with van der Waals surface area (Å²) in [6, 6.07) is 24.7. The molecule has 9 heteroatoms. The standard InChI is InChI=1S/C31H23Cl2N3O4/c1-18-7-5-8-20(15-18)31(38)40-25-14-13-19(16-26(25)39-2)17-34-36-30(37)29-27(21-9-3-4-11-23(21)32)22-10-6-12-24(33)28(22)35-29/h3-17,35H,1-2H3,(H,36,37). The summed E-state index contributed by atoms with van der Waals surface area (Å²) in [6.45, 7) is 1.90. The van der Waals surface area contributed by atoms with E-state index in [1.807, 2.05) is 43.3 Å². The largest absolute Gasteiger partial charge is 0.493 e. The number of carbonyl (C=O) groups excluding carboxylic acids is 2. The number of methoxy groups -OCH3 is 1. The van der Waals surface area contributed by atoms with E-state index in [4.69, 9.17) is 32.7 Å². The SMILES string of the molecule is COc1cc(C=NNC(=O)c2[nH]c3c(Cl)cccc3c2-c2ccccc2Cl)ccc1OC(=O)c1cccc(C)c1. The number of esters is 1. The Balaban J connectivity index is 1.37. The molecule has 0 radical (unpaired) electrons. The lowest BCUT2D eigenvalue weighted by atomic mass is 10.0. The minimum atomic E-state index is -0.497. The zero-order chi connectivity index (χ0) is 28.2. The molecule has 1 amide bonds. The van der Waals surface area contributed by atoms with Crippen molar-refractivity contribution in [1.82, 2.24) is 10.4 Å². The molecule has 0 atom stereocenters. The molecule has 7 nitrogen and oxygen atoms in total. The summed E-state index contributed by atoms with van der Waals surface area (Å²) in [5.74, 6) is -0.380. The van der Waals surface area contributed by atoms with Crippen LogP contribution in [0.4, 0.5) is 0 Å². The monoisotopic (exact) mass is 571 g/mol. The van der Waals surface area contributed by atoms with Gasteiger partial charge in [0.15, 0.2) is 11.5 Å². The van der Waals surface area contributed by atoms with Crippen LogP contribution in [-0.2, 0) is 0 Å². The third-order valence-corrected chi connectivity index (χ3v) is 6.82. The second kappa shape index (κ2) is 11.7. The number of amides is 1. The Morgan fingerprint density at radius 1 is 0.900 bits per heavy atom. The average molecular weight is 572 g/mol. The molecule has 0 aliphatic rings. The van der Waals surface area contributed by atoms with Gasteiger partial charge >= 0.3 is 5.97 Å². The Bertz CT molecular complexity index is 1780. The number of para-hydroxylation sites is 1. The van der Waals surface area contributed by atoms with Gasteiger partial charge in [0.05, 0.1) is 29.4 Å². The van der Waals surface area contributed by atoms with E-state index in [1.165, 1.54) is 13.3 Å². The van der Waals surface area contributed by atoms with Crippen molar-refractivity contribution in [3.05, 3.63) is 117 Å². The molecular formula is C31H23Cl2N3O4. The second-order valence-corrected chi connectivity index (χ2v) is 9.70. The first kappa shape index (κ1) is 27.0. The molecule has 2 N–H and O–H groups in total. The first-order chi connectivity index (χ1) is 19.4. The van der Waals surface area contributed by atoms with E-state index >= 15 is 0 Å². The van der Waals surface area contributed by atoms with E-state index in [0.29, 0.717) is 43.6 Å². The van der Waals surface area contributed by atoms with Crippen molar-refractivity contribution in [2.75, 3.05) is 7.11 Å². The number of rotatable bonds is 7. The van der Waals surface area contributed by atoms with Crippen LogP contribution in [0.15, 0.2) is 90.0 Å². The van der Waals surface area contributed by atoms with E-state index in [9.17, 15) is 9.59 Å². The van der Waals surface area contributed by atoms with Gasteiger partial charge in [0.1, 0.15) is 5.69 Å². The highest BCUT2D eigenvalue weighted by Crippen LogP contribution is 2.38. The van der Waals surface area contributed by atoms with Gasteiger partial charge in [-0.05, 0) is 55.0 Å². The van der Waals surface area contributed by atoms with Gasteiger partial charge in [-0.25, -0.2) is 10.2 Å². The number of aromatic amines is 1.